The van der Waals surface area contributed by atoms with Gasteiger partial charge in [0.05, 0.1) is 11.7 Å². The Hall–Kier alpha value is -2.95. The van der Waals surface area contributed by atoms with Crippen LogP contribution in [0.5, 0.6) is 0 Å². The summed E-state index contributed by atoms with van der Waals surface area (Å²) in [5.74, 6) is 0.973. The summed E-state index contributed by atoms with van der Waals surface area (Å²) in [6, 6.07) is 11.6. The maximum Gasteiger partial charge on any atom is 0.249 e. The second-order valence-corrected chi connectivity index (χ2v) is 6.04. The van der Waals surface area contributed by atoms with E-state index in [1.807, 2.05) is 30.3 Å². The Labute approximate surface area is 141 Å². The van der Waals surface area contributed by atoms with Crippen LogP contribution in [0.15, 0.2) is 54.9 Å². The number of pyridine rings is 1. The predicted molar refractivity (Wildman–Crippen MR) is 96.5 cm³/mol. The molecule has 2 heterocycles. The number of nitrogens with zero attached hydrogens (tertiary/aromatic N) is 3. The molecule has 0 saturated heterocycles. The van der Waals surface area contributed by atoms with Gasteiger partial charge in [0.15, 0.2) is 0 Å². The molecular weight excluding hydrogens is 300 g/mol. The normalized spacial score (nSPS) is 11.5. The van der Waals surface area contributed by atoms with E-state index in [0.717, 1.165) is 23.0 Å². The van der Waals surface area contributed by atoms with Crippen molar-refractivity contribution < 1.29 is 4.79 Å². The number of amides is 1. The molecule has 0 bridgehead atoms. The lowest BCUT2D eigenvalue weighted by atomic mass is 10.1. The Kier molecular flexibility index (Phi) is 4.70. The average molecular weight is 320 g/mol. The third-order valence-corrected chi connectivity index (χ3v) is 3.58. The summed E-state index contributed by atoms with van der Waals surface area (Å²) >= 11 is 0. The highest BCUT2D eigenvalue weighted by atomic mass is 16.1. The van der Waals surface area contributed by atoms with Gasteiger partial charge in [0.1, 0.15) is 5.82 Å². The molecule has 2 aromatic heterocycles. The molecule has 1 aromatic carbocycles. The number of nitrogens with one attached hydrogen (secondary N) is 1. The van der Waals surface area contributed by atoms with E-state index in [0.29, 0.717) is 11.7 Å². The van der Waals surface area contributed by atoms with Crippen LogP contribution in [0.4, 0.5) is 5.82 Å². The molecule has 0 atom stereocenters. The monoisotopic (exact) mass is 320 g/mol. The van der Waals surface area contributed by atoms with Gasteiger partial charge < -0.3 is 5.32 Å². The predicted octanol–water partition coefficient (Wildman–Crippen LogP) is 3.74. The number of aromatic nitrogens is 3. The molecule has 5 nitrogen and oxygen atoms in total. The quantitative estimate of drug-likeness (QED) is 0.729. The molecule has 1 N–H and O–H groups in total. The van der Waals surface area contributed by atoms with Gasteiger partial charge in [-0.2, -0.15) is 5.10 Å². The molecule has 3 rings (SSSR count). The fraction of sp³-hybridized carbons (Fsp3) is 0.211. The first-order valence-corrected chi connectivity index (χ1v) is 7.98. The zero-order valence-electron chi connectivity index (χ0n) is 13.8. The van der Waals surface area contributed by atoms with Crippen LogP contribution in [-0.4, -0.2) is 20.7 Å². The molecule has 1 amide bonds. The number of hydrogen-bond acceptors (Lipinski definition) is 3. The van der Waals surface area contributed by atoms with Crippen molar-refractivity contribution in [1.29, 1.82) is 0 Å². The minimum absolute atomic E-state index is 0.187. The molecule has 0 radical (unpaired) electrons. The van der Waals surface area contributed by atoms with Crippen LogP contribution in [0.2, 0.25) is 0 Å². The lowest BCUT2D eigenvalue weighted by Crippen LogP contribution is -2.15. The van der Waals surface area contributed by atoms with Gasteiger partial charge in [-0.1, -0.05) is 38.1 Å². The molecule has 0 spiro atoms. The summed E-state index contributed by atoms with van der Waals surface area (Å²) in [6.07, 6.45) is 6.75. The van der Waals surface area contributed by atoms with Gasteiger partial charge in [0, 0.05) is 35.8 Å². The molecule has 3 aromatic rings. The summed E-state index contributed by atoms with van der Waals surface area (Å²) < 4.78 is 1.80. The average Bonchev–Trinajstić information content (AvgIpc) is 2.99. The largest absolute Gasteiger partial charge is 0.307 e. The Morgan fingerprint density at radius 3 is 2.88 bits per heavy atom. The van der Waals surface area contributed by atoms with Crippen molar-refractivity contribution in [2.75, 3.05) is 5.32 Å². The summed E-state index contributed by atoms with van der Waals surface area (Å²) in [5, 5.41) is 8.16. The Morgan fingerprint density at radius 2 is 2.04 bits per heavy atom. The summed E-state index contributed by atoms with van der Waals surface area (Å²) in [6.45, 7) is 4.99. The summed E-state index contributed by atoms with van der Waals surface area (Å²) in [5.41, 5.74) is 1.80. The lowest BCUT2D eigenvalue weighted by molar-refractivity contribution is -0.111. The van der Waals surface area contributed by atoms with Gasteiger partial charge in [-0.25, -0.2) is 4.68 Å². The molecule has 5 heteroatoms. The number of rotatable bonds is 5. The lowest BCUT2D eigenvalue weighted by Gasteiger charge is -2.09. The molecule has 0 aliphatic rings. The number of fused-ring (bicyclic) bond motifs is 1. The maximum atomic E-state index is 12.2. The smallest absolute Gasteiger partial charge is 0.249 e. The maximum absolute atomic E-state index is 12.2. The minimum atomic E-state index is -0.187. The summed E-state index contributed by atoms with van der Waals surface area (Å²) in [4.78, 5) is 16.6. The van der Waals surface area contributed by atoms with Gasteiger partial charge >= 0.3 is 0 Å². The van der Waals surface area contributed by atoms with Crippen molar-refractivity contribution in [1.82, 2.24) is 14.8 Å². The van der Waals surface area contributed by atoms with Crippen LogP contribution >= 0.6 is 0 Å². The number of carbonyl (C=O) groups excluding carboxylic acids is 1. The first-order chi connectivity index (χ1) is 11.6. The van der Waals surface area contributed by atoms with E-state index in [-0.39, 0.29) is 5.91 Å². The van der Waals surface area contributed by atoms with Crippen LogP contribution in [0.25, 0.3) is 17.0 Å². The molecule has 0 fully saturated rings. The number of hydrogen-bond donors (Lipinski definition) is 1. The van der Waals surface area contributed by atoms with Gasteiger partial charge in [0.25, 0.3) is 0 Å². The van der Waals surface area contributed by atoms with E-state index in [2.05, 4.69) is 29.2 Å². The van der Waals surface area contributed by atoms with Crippen LogP contribution < -0.4 is 5.32 Å². The van der Waals surface area contributed by atoms with E-state index in [4.69, 9.17) is 0 Å². The van der Waals surface area contributed by atoms with E-state index in [9.17, 15) is 4.79 Å². The molecule has 0 unspecified atom stereocenters. The van der Waals surface area contributed by atoms with Gasteiger partial charge in [-0.05, 0) is 18.1 Å². The second kappa shape index (κ2) is 7.08. The third-order valence-electron chi connectivity index (χ3n) is 3.58. The SMILES string of the molecule is CC(C)Cn1nccc1NC(=O)/C=C/c1cccc2cccnc12. The van der Waals surface area contributed by atoms with Gasteiger partial charge in [-0.15, -0.1) is 0 Å². The van der Waals surface area contributed by atoms with E-state index >= 15 is 0 Å². The van der Waals surface area contributed by atoms with Crippen molar-refractivity contribution in [2.45, 2.75) is 20.4 Å². The van der Waals surface area contributed by atoms with Crippen LogP contribution in [0.1, 0.15) is 19.4 Å². The Balaban J connectivity index is 1.75. The zero-order valence-corrected chi connectivity index (χ0v) is 13.8. The van der Waals surface area contributed by atoms with Crippen molar-refractivity contribution >= 4 is 28.7 Å². The molecule has 24 heavy (non-hydrogen) atoms. The first-order valence-electron chi connectivity index (χ1n) is 7.98. The molecular formula is C19H20N4O. The fourth-order valence-electron chi connectivity index (χ4n) is 2.53. The van der Waals surface area contributed by atoms with Crippen molar-refractivity contribution in [3.8, 4) is 0 Å². The van der Waals surface area contributed by atoms with Crippen LogP contribution in [-0.2, 0) is 11.3 Å². The number of para-hydroxylation sites is 1. The highest BCUT2D eigenvalue weighted by molar-refractivity contribution is 6.02. The fourth-order valence-corrected chi connectivity index (χ4v) is 2.53. The van der Waals surface area contributed by atoms with Gasteiger partial charge in [0.2, 0.25) is 5.91 Å². The topological polar surface area (TPSA) is 59.8 Å². The number of carbonyl (C=O) groups is 1. The Morgan fingerprint density at radius 1 is 1.21 bits per heavy atom. The van der Waals surface area contributed by atoms with E-state index < -0.39 is 0 Å². The zero-order chi connectivity index (χ0) is 16.9. The standard InChI is InChI=1S/C19H20N4O/c1-14(2)13-23-17(10-12-21-23)22-18(24)9-8-16-6-3-5-15-7-4-11-20-19(15)16/h3-12,14H,13H2,1-2H3,(H,22,24)/b9-8+. The van der Waals surface area contributed by atoms with Gasteiger partial charge in [-0.3, -0.25) is 9.78 Å². The first kappa shape index (κ1) is 15.9. The molecule has 0 aliphatic carbocycles. The third kappa shape index (κ3) is 3.68. The van der Waals surface area contributed by atoms with Crippen molar-refractivity contribution in [3.05, 3.63) is 60.4 Å². The number of benzene rings is 1. The molecule has 0 aliphatic heterocycles. The van der Waals surface area contributed by atoms with Crippen LogP contribution in [0, 0.1) is 5.92 Å². The Bertz CT molecular complexity index is 874. The molecule has 0 saturated carbocycles. The highest BCUT2D eigenvalue weighted by Crippen LogP contribution is 2.17. The molecule has 122 valence electrons. The van der Waals surface area contributed by atoms with Crippen LogP contribution in [0.3, 0.4) is 0 Å². The van der Waals surface area contributed by atoms with E-state index in [1.165, 1.54) is 6.08 Å². The minimum Gasteiger partial charge on any atom is -0.307 e. The second-order valence-electron chi connectivity index (χ2n) is 6.04. The summed E-state index contributed by atoms with van der Waals surface area (Å²) in [7, 11) is 0. The number of anilines is 1. The van der Waals surface area contributed by atoms with Crippen molar-refractivity contribution in [2.24, 2.45) is 5.92 Å². The highest BCUT2D eigenvalue weighted by Gasteiger charge is 2.06. The van der Waals surface area contributed by atoms with Crippen molar-refractivity contribution in [3.63, 3.8) is 0 Å². The van der Waals surface area contributed by atoms with E-state index in [1.54, 1.807) is 29.2 Å².